The number of benzene rings is 2. The Morgan fingerprint density at radius 2 is 1.90 bits per heavy atom. The van der Waals surface area contributed by atoms with Crippen LogP contribution < -0.4 is 0 Å². The minimum atomic E-state index is -4.40. The summed E-state index contributed by atoms with van der Waals surface area (Å²) in [4.78, 5) is 15.8. The summed E-state index contributed by atoms with van der Waals surface area (Å²) in [5, 5.41) is 9.28. The summed E-state index contributed by atoms with van der Waals surface area (Å²) in [6.45, 7) is 1.75. The van der Waals surface area contributed by atoms with Crippen LogP contribution in [0.25, 0.3) is 11.5 Å². The van der Waals surface area contributed by atoms with Crippen molar-refractivity contribution >= 4 is 29.3 Å². The molecule has 0 fully saturated rings. The van der Waals surface area contributed by atoms with Crippen LogP contribution in [0.5, 0.6) is 0 Å². The van der Waals surface area contributed by atoms with E-state index in [0.29, 0.717) is 33.4 Å². The third-order valence-electron chi connectivity index (χ3n) is 4.06. The number of nitrogens with zero attached hydrogens (tertiary/aromatic N) is 1. The van der Waals surface area contributed by atoms with Gasteiger partial charge in [0.15, 0.2) is 0 Å². The molecule has 3 rings (SSSR count). The lowest BCUT2D eigenvalue weighted by atomic mass is 10.1. The molecule has 0 radical (unpaired) electrons. The third kappa shape index (κ3) is 5.33. The molecule has 9 heteroatoms. The fraction of sp³-hybridized carbons (Fsp3) is 0.200. The molecule has 0 spiro atoms. The monoisotopic (exact) mass is 441 g/mol. The lowest BCUT2D eigenvalue weighted by molar-refractivity contribution is -0.138. The quantitative estimate of drug-likeness (QED) is 0.458. The summed E-state index contributed by atoms with van der Waals surface area (Å²) in [7, 11) is 0. The van der Waals surface area contributed by atoms with E-state index in [1.807, 2.05) is 0 Å². The Bertz CT molecular complexity index is 1030. The van der Waals surface area contributed by atoms with Gasteiger partial charge in [-0.15, -0.1) is 11.8 Å². The second-order valence-electron chi connectivity index (χ2n) is 6.23. The fourth-order valence-corrected chi connectivity index (χ4v) is 3.86. The van der Waals surface area contributed by atoms with Crippen molar-refractivity contribution in [3.05, 3.63) is 70.1 Å². The van der Waals surface area contributed by atoms with Crippen LogP contribution in [0, 0.1) is 6.92 Å². The minimum absolute atomic E-state index is 0.109. The standard InChI is InChI=1S/C20H15ClF3NO3S/c1-11-16(10-29-17-7-2-12(8-15(17)21)9-18(26)27)28-19(25-11)13-3-5-14(6-4-13)20(22,23)24/h2-8H,9-10H2,1H3,(H,26,27). The molecule has 0 aliphatic rings. The van der Waals surface area contributed by atoms with Gasteiger partial charge in [0, 0.05) is 10.5 Å². The first-order valence-electron chi connectivity index (χ1n) is 8.40. The highest BCUT2D eigenvalue weighted by Crippen LogP contribution is 2.34. The molecule has 0 unspecified atom stereocenters. The summed E-state index contributed by atoms with van der Waals surface area (Å²) < 4.78 is 43.8. The Balaban J connectivity index is 1.72. The molecule has 1 aromatic heterocycles. The minimum Gasteiger partial charge on any atom is -0.481 e. The second-order valence-corrected chi connectivity index (χ2v) is 7.65. The van der Waals surface area contributed by atoms with E-state index in [1.165, 1.54) is 23.9 Å². The van der Waals surface area contributed by atoms with Crippen LogP contribution in [0.4, 0.5) is 13.2 Å². The summed E-state index contributed by atoms with van der Waals surface area (Å²) in [5.74, 6) is 0.303. The average Bonchev–Trinajstić information content (AvgIpc) is 3.01. The number of oxazole rings is 1. The highest BCUT2D eigenvalue weighted by Gasteiger charge is 2.30. The molecular formula is C20H15ClF3NO3S. The molecule has 0 aliphatic heterocycles. The maximum atomic E-state index is 12.7. The molecular weight excluding hydrogens is 427 g/mol. The normalized spacial score (nSPS) is 11.6. The molecule has 152 valence electrons. The van der Waals surface area contributed by atoms with Crippen molar-refractivity contribution in [3.63, 3.8) is 0 Å². The zero-order valence-corrected chi connectivity index (χ0v) is 16.7. The van der Waals surface area contributed by atoms with E-state index in [1.54, 1.807) is 25.1 Å². The predicted octanol–water partition coefficient (Wildman–Crippen LogP) is 6.24. The van der Waals surface area contributed by atoms with Crippen molar-refractivity contribution in [1.29, 1.82) is 0 Å². The van der Waals surface area contributed by atoms with Crippen molar-refractivity contribution in [3.8, 4) is 11.5 Å². The van der Waals surface area contributed by atoms with Crippen LogP contribution in [0.15, 0.2) is 51.8 Å². The maximum Gasteiger partial charge on any atom is 0.416 e. The van der Waals surface area contributed by atoms with Gasteiger partial charge in [0.05, 0.1) is 28.5 Å². The Morgan fingerprint density at radius 3 is 2.48 bits per heavy atom. The van der Waals surface area contributed by atoms with Crippen LogP contribution in [0.2, 0.25) is 5.02 Å². The first kappa shape index (κ1) is 21.3. The smallest absolute Gasteiger partial charge is 0.416 e. The van der Waals surface area contributed by atoms with E-state index in [9.17, 15) is 18.0 Å². The Kier molecular flexibility index (Phi) is 6.24. The zero-order chi connectivity index (χ0) is 21.2. The Hall–Kier alpha value is -2.45. The lowest BCUT2D eigenvalue weighted by Gasteiger charge is -2.06. The van der Waals surface area contributed by atoms with Gasteiger partial charge in [-0.1, -0.05) is 17.7 Å². The number of hydrogen-bond acceptors (Lipinski definition) is 4. The molecule has 3 aromatic rings. The van der Waals surface area contributed by atoms with Crippen molar-refractivity contribution in [2.24, 2.45) is 0 Å². The average molecular weight is 442 g/mol. The van der Waals surface area contributed by atoms with E-state index in [4.69, 9.17) is 21.1 Å². The number of hydrogen-bond donors (Lipinski definition) is 1. The summed E-state index contributed by atoms with van der Waals surface area (Å²) in [5.41, 5.74) is 0.952. The number of aliphatic carboxylic acids is 1. The summed E-state index contributed by atoms with van der Waals surface area (Å²) in [6, 6.07) is 9.67. The SMILES string of the molecule is Cc1nc(-c2ccc(C(F)(F)F)cc2)oc1CSc1ccc(CC(=O)O)cc1Cl. The molecule has 1 N–H and O–H groups in total. The molecule has 0 saturated carbocycles. The predicted molar refractivity (Wildman–Crippen MR) is 104 cm³/mol. The van der Waals surface area contributed by atoms with Crippen LogP contribution >= 0.6 is 23.4 Å². The molecule has 1 heterocycles. The summed E-state index contributed by atoms with van der Waals surface area (Å²) >= 11 is 7.61. The van der Waals surface area contributed by atoms with E-state index in [0.717, 1.165) is 17.0 Å². The van der Waals surface area contributed by atoms with Gasteiger partial charge in [-0.3, -0.25) is 4.79 Å². The van der Waals surface area contributed by atoms with E-state index < -0.39 is 17.7 Å². The first-order valence-corrected chi connectivity index (χ1v) is 9.77. The van der Waals surface area contributed by atoms with Crippen molar-refractivity contribution < 1.29 is 27.5 Å². The number of aryl methyl sites for hydroxylation is 1. The van der Waals surface area contributed by atoms with Crippen molar-refractivity contribution in [2.45, 2.75) is 30.2 Å². The molecule has 0 amide bonds. The number of alkyl halides is 3. The van der Waals surface area contributed by atoms with Gasteiger partial charge in [0.25, 0.3) is 0 Å². The van der Waals surface area contributed by atoms with Gasteiger partial charge in [-0.2, -0.15) is 13.2 Å². The van der Waals surface area contributed by atoms with Gasteiger partial charge in [0.1, 0.15) is 5.76 Å². The van der Waals surface area contributed by atoms with E-state index in [2.05, 4.69) is 4.98 Å². The zero-order valence-electron chi connectivity index (χ0n) is 15.1. The molecule has 29 heavy (non-hydrogen) atoms. The number of aromatic nitrogens is 1. The molecule has 0 aliphatic carbocycles. The molecule has 0 saturated heterocycles. The fourth-order valence-electron chi connectivity index (χ4n) is 2.58. The topological polar surface area (TPSA) is 63.3 Å². The number of carbonyl (C=O) groups is 1. The van der Waals surface area contributed by atoms with Crippen molar-refractivity contribution in [1.82, 2.24) is 4.98 Å². The first-order chi connectivity index (χ1) is 13.6. The number of carboxylic acid groups (broad SMARTS) is 1. The Labute approximate surface area is 173 Å². The van der Waals surface area contributed by atoms with Crippen LogP contribution in [-0.4, -0.2) is 16.1 Å². The number of carboxylic acids is 1. The highest BCUT2D eigenvalue weighted by molar-refractivity contribution is 7.98. The number of halogens is 4. The number of thioether (sulfide) groups is 1. The van der Waals surface area contributed by atoms with Gasteiger partial charge >= 0.3 is 12.1 Å². The van der Waals surface area contributed by atoms with Crippen LogP contribution in [0.3, 0.4) is 0 Å². The van der Waals surface area contributed by atoms with Gasteiger partial charge in [-0.05, 0) is 48.9 Å². The van der Waals surface area contributed by atoms with Gasteiger partial charge < -0.3 is 9.52 Å². The molecule has 0 atom stereocenters. The second kappa shape index (κ2) is 8.51. The van der Waals surface area contributed by atoms with Crippen molar-refractivity contribution in [2.75, 3.05) is 0 Å². The summed E-state index contributed by atoms with van der Waals surface area (Å²) in [6.07, 6.45) is -4.51. The largest absolute Gasteiger partial charge is 0.481 e. The van der Waals surface area contributed by atoms with Crippen LogP contribution in [0.1, 0.15) is 22.6 Å². The number of rotatable bonds is 6. The molecule has 2 aromatic carbocycles. The molecule has 4 nitrogen and oxygen atoms in total. The third-order valence-corrected chi connectivity index (χ3v) is 5.56. The van der Waals surface area contributed by atoms with Gasteiger partial charge in [0.2, 0.25) is 5.89 Å². The lowest BCUT2D eigenvalue weighted by Crippen LogP contribution is -2.03. The molecule has 0 bridgehead atoms. The van der Waals surface area contributed by atoms with E-state index >= 15 is 0 Å². The Morgan fingerprint density at radius 1 is 1.21 bits per heavy atom. The maximum absolute atomic E-state index is 12.7. The highest BCUT2D eigenvalue weighted by atomic mass is 35.5. The van der Waals surface area contributed by atoms with E-state index in [-0.39, 0.29) is 12.3 Å². The van der Waals surface area contributed by atoms with Gasteiger partial charge in [-0.25, -0.2) is 4.98 Å². The van der Waals surface area contributed by atoms with Crippen LogP contribution in [-0.2, 0) is 23.1 Å².